The van der Waals surface area contributed by atoms with E-state index in [4.69, 9.17) is 17.3 Å². The first-order valence-electron chi connectivity index (χ1n) is 5.77. The van der Waals surface area contributed by atoms with Crippen molar-refractivity contribution in [3.05, 3.63) is 28.8 Å². The molecule has 1 aromatic carbocycles. The molecule has 1 saturated carbocycles. The predicted octanol–water partition coefficient (Wildman–Crippen LogP) is 2.84. The van der Waals surface area contributed by atoms with Crippen molar-refractivity contribution in [3.63, 3.8) is 0 Å². The van der Waals surface area contributed by atoms with Crippen LogP contribution in [0.3, 0.4) is 0 Å². The number of carbonyl (C=O) groups excluding carboxylic acids is 1. The number of hydrogen-bond donors (Lipinski definition) is 2. The summed E-state index contributed by atoms with van der Waals surface area (Å²) in [6.07, 6.45) is 2.37. The summed E-state index contributed by atoms with van der Waals surface area (Å²) in [7, 11) is 0. The monoisotopic (exact) mass is 252 g/mol. The molecule has 4 heteroatoms. The molecule has 0 unspecified atom stereocenters. The molecule has 0 aromatic heterocycles. The van der Waals surface area contributed by atoms with Crippen LogP contribution in [0.5, 0.6) is 0 Å². The summed E-state index contributed by atoms with van der Waals surface area (Å²) >= 11 is 5.88. The number of halogens is 1. The summed E-state index contributed by atoms with van der Waals surface area (Å²) in [5, 5.41) is 3.52. The second kappa shape index (κ2) is 4.22. The number of carbonyl (C=O) groups is 1. The number of rotatable bonds is 3. The van der Waals surface area contributed by atoms with Gasteiger partial charge in [-0.25, -0.2) is 0 Å². The number of nitrogens with one attached hydrogen (secondary N) is 1. The second-order valence-corrected chi connectivity index (χ2v) is 5.66. The minimum atomic E-state index is -0.159. The van der Waals surface area contributed by atoms with Crippen LogP contribution in [0.2, 0.25) is 5.02 Å². The highest BCUT2D eigenvalue weighted by atomic mass is 35.5. The van der Waals surface area contributed by atoms with Crippen molar-refractivity contribution in [2.45, 2.75) is 32.2 Å². The van der Waals surface area contributed by atoms with Crippen molar-refractivity contribution in [2.24, 2.45) is 5.92 Å². The van der Waals surface area contributed by atoms with Gasteiger partial charge in [-0.05, 0) is 50.8 Å². The Bertz CT molecular complexity index is 432. The van der Waals surface area contributed by atoms with Gasteiger partial charge < -0.3 is 11.1 Å². The van der Waals surface area contributed by atoms with Crippen molar-refractivity contribution in [3.8, 4) is 0 Å². The average Bonchev–Trinajstić information content (AvgIpc) is 2.98. The first-order valence-corrected chi connectivity index (χ1v) is 6.15. The Morgan fingerprint density at radius 1 is 1.41 bits per heavy atom. The van der Waals surface area contributed by atoms with Crippen LogP contribution in [-0.2, 0) is 0 Å². The van der Waals surface area contributed by atoms with Gasteiger partial charge in [0.05, 0.1) is 0 Å². The molecule has 0 spiro atoms. The third-order valence-electron chi connectivity index (χ3n) is 3.22. The van der Waals surface area contributed by atoms with Gasteiger partial charge in [0.25, 0.3) is 5.91 Å². The first-order chi connectivity index (χ1) is 7.88. The Hall–Kier alpha value is -1.22. The molecule has 0 heterocycles. The molecule has 0 atom stereocenters. The average molecular weight is 253 g/mol. The zero-order valence-corrected chi connectivity index (χ0v) is 10.8. The lowest BCUT2D eigenvalue weighted by atomic mass is 9.98. The van der Waals surface area contributed by atoms with Crippen molar-refractivity contribution in [2.75, 3.05) is 5.73 Å². The van der Waals surface area contributed by atoms with Crippen molar-refractivity contribution < 1.29 is 4.79 Å². The molecular formula is C13H17ClN2O. The van der Waals surface area contributed by atoms with Crippen molar-refractivity contribution in [1.82, 2.24) is 5.32 Å². The molecule has 1 amide bonds. The Morgan fingerprint density at radius 3 is 2.59 bits per heavy atom. The topological polar surface area (TPSA) is 55.1 Å². The smallest absolute Gasteiger partial charge is 0.251 e. The van der Waals surface area contributed by atoms with Crippen LogP contribution >= 0.6 is 11.6 Å². The van der Waals surface area contributed by atoms with Crippen LogP contribution in [0.15, 0.2) is 18.2 Å². The van der Waals surface area contributed by atoms with Gasteiger partial charge in [0, 0.05) is 21.8 Å². The minimum absolute atomic E-state index is 0.115. The standard InChI is InChI=1S/C13H17ClN2O/c1-13(2,9-3-4-9)16-12(17)8-5-10(14)7-11(15)6-8/h5-7,9H,3-4,15H2,1-2H3,(H,16,17). The van der Waals surface area contributed by atoms with Gasteiger partial charge in [-0.1, -0.05) is 11.6 Å². The normalized spacial score (nSPS) is 15.7. The van der Waals surface area contributed by atoms with Crippen LogP contribution in [0.25, 0.3) is 0 Å². The van der Waals surface area contributed by atoms with Gasteiger partial charge >= 0.3 is 0 Å². The summed E-state index contributed by atoms with van der Waals surface area (Å²) in [6, 6.07) is 4.91. The molecule has 0 bridgehead atoms. The van der Waals surface area contributed by atoms with Crippen molar-refractivity contribution in [1.29, 1.82) is 0 Å². The highest BCUT2D eigenvalue weighted by Gasteiger charge is 2.38. The molecule has 0 saturated heterocycles. The van der Waals surface area contributed by atoms with E-state index < -0.39 is 0 Å². The first kappa shape index (κ1) is 12.2. The maximum absolute atomic E-state index is 12.1. The zero-order valence-electron chi connectivity index (χ0n) is 10.1. The summed E-state index contributed by atoms with van der Waals surface area (Å²) in [6.45, 7) is 4.10. The number of nitrogens with two attached hydrogens (primary N) is 1. The molecule has 17 heavy (non-hydrogen) atoms. The number of anilines is 1. The number of amides is 1. The van der Waals surface area contributed by atoms with Crippen LogP contribution < -0.4 is 11.1 Å². The Labute approximate surface area is 106 Å². The third-order valence-corrected chi connectivity index (χ3v) is 3.43. The molecule has 1 aliphatic rings. The van der Waals surface area contributed by atoms with Gasteiger partial charge in [-0.2, -0.15) is 0 Å². The van der Waals surface area contributed by atoms with E-state index in [2.05, 4.69) is 19.2 Å². The van der Waals surface area contributed by atoms with Crippen LogP contribution in [0, 0.1) is 5.92 Å². The lowest BCUT2D eigenvalue weighted by Gasteiger charge is -2.26. The molecule has 3 N–H and O–H groups in total. The Balaban J connectivity index is 2.14. The molecule has 1 fully saturated rings. The van der Waals surface area contributed by atoms with Gasteiger partial charge in [-0.15, -0.1) is 0 Å². The van der Waals surface area contributed by atoms with E-state index in [1.54, 1.807) is 18.2 Å². The molecule has 0 aliphatic heterocycles. The molecule has 92 valence electrons. The quantitative estimate of drug-likeness (QED) is 0.813. The van der Waals surface area contributed by atoms with E-state index in [1.165, 1.54) is 12.8 Å². The minimum Gasteiger partial charge on any atom is -0.399 e. The third kappa shape index (κ3) is 2.91. The van der Waals surface area contributed by atoms with Crippen LogP contribution in [-0.4, -0.2) is 11.4 Å². The molecule has 0 radical (unpaired) electrons. The van der Waals surface area contributed by atoms with E-state index in [0.29, 0.717) is 22.2 Å². The fraction of sp³-hybridized carbons (Fsp3) is 0.462. The lowest BCUT2D eigenvalue weighted by molar-refractivity contribution is 0.0903. The SMILES string of the molecule is CC(C)(NC(=O)c1cc(N)cc(Cl)c1)C1CC1. The molecule has 1 aromatic rings. The van der Waals surface area contributed by atoms with E-state index in [9.17, 15) is 4.79 Å². The second-order valence-electron chi connectivity index (χ2n) is 5.22. The fourth-order valence-corrected chi connectivity index (χ4v) is 2.26. The lowest BCUT2D eigenvalue weighted by Crippen LogP contribution is -2.45. The maximum atomic E-state index is 12.1. The summed E-state index contributed by atoms with van der Waals surface area (Å²) in [5.74, 6) is 0.471. The molecule has 1 aliphatic carbocycles. The van der Waals surface area contributed by atoms with E-state index in [0.717, 1.165) is 0 Å². The number of benzene rings is 1. The summed E-state index contributed by atoms with van der Waals surface area (Å²) < 4.78 is 0. The van der Waals surface area contributed by atoms with Crippen molar-refractivity contribution >= 4 is 23.2 Å². The summed E-state index contributed by atoms with van der Waals surface area (Å²) in [4.78, 5) is 12.1. The largest absolute Gasteiger partial charge is 0.399 e. The maximum Gasteiger partial charge on any atom is 0.251 e. The van der Waals surface area contributed by atoms with E-state index in [1.807, 2.05) is 0 Å². The van der Waals surface area contributed by atoms with Gasteiger partial charge in [0.2, 0.25) is 0 Å². The van der Waals surface area contributed by atoms with E-state index >= 15 is 0 Å². The number of hydrogen-bond acceptors (Lipinski definition) is 2. The van der Waals surface area contributed by atoms with Gasteiger partial charge in [-0.3, -0.25) is 4.79 Å². The molecule has 3 nitrogen and oxygen atoms in total. The molecular weight excluding hydrogens is 236 g/mol. The van der Waals surface area contributed by atoms with Gasteiger partial charge in [0.1, 0.15) is 0 Å². The van der Waals surface area contributed by atoms with E-state index in [-0.39, 0.29) is 11.4 Å². The fourth-order valence-electron chi connectivity index (χ4n) is 2.02. The predicted molar refractivity (Wildman–Crippen MR) is 70.1 cm³/mol. The van der Waals surface area contributed by atoms with Crippen LogP contribution in [0.1, 0.15) is 37.0 Å². The Kier molecular flexibility index (Phi) is 3.04. The molecule has 2 rings (SSSR count). The zero-order chi connectivity index (χ0) is 12.6. The summed E-state index contributed by atoms with van der Waals surface area (Å²) in [5.41, 5.74) is 6.53. The Morgan fingerprint density at radius 2 is 2.06 bits per heavy atom. The highest BCUT2D eigenvalue weighted by molar-refractivity contribution is 6.31. The highest BCUT2D eigenvalue weighted by Crippen LogP contribution is 2.39. The van der Waals surface area contributed by atoms with Crippen LogP contribution in [0.4, 0.5) is 5.69 Å². The number of nitrogen functional groups attached to an aromatic ring is 1. The van der Waals surface area contributed by atoms with Gasteiger partial charge in [0.15, 0.2) is 0 Å².